The van der Waals surface area contributed by atoms with Crippen molar-refractivity contribution in [2.45, 2.75) is 39.7 Å². The maximum Gasteiger partial charge on any atom is 0.259 e. The minimum Gasteiger partial charge on any atom is -0.508 e. The fraction of sp³-hybridized carbons (Fsp3) is 0.304. The topological polar surface area (TPSA) is 92.9 Å². The number of aryl methyl sites for hydroxylation is 1. The lowest BCUT2D eigenvalue weighted by molar-refractivity contribution is 0.102. The molecule has 0 saturated carbocycles. The number of phenols is 1. The van der Waals surface area contributed by atoms with Crippen LogP contribution >= 0.6 is 27.5 Å². The van der Waals surface area contributed by atoms with Crippen LogP contribution in [0.15, 0.2) is 46.4 Å². The Kier molecular flexibility index (Phi) is 6.86. The Labute approximate surface area is 198 Å². The lowest BCUT2D eigenvalue weighted by Gasteiger charge is -2.08. The first kappa shape index (κ1) is 22.4. The summed E-state index contributed by atoms with van der Waals surface area (Å²) < 4.78 is 6.65. The Balaban J connectivity index is 1.72. The number of carbonyl (C=O) groups is 1. The summed E-state index contributed by atoms with van der Waals surface area (Å²) in [6.45, 7) is 5.15. The standard InChI is InChI=1S/C23H24BrN5O2S/c1-14(2)5-3-4-10-29-22-18(21(28-29)27-23(31)16-12-25-32-13-16)11-19(24)20(26-22)15-6-8-17(30)9-7-15/h6-9,11-14,30H,3-5,10H2,1-2H3,(H,27,28,31). The second kappa shape index (κ2) is 9.79. The molecule has 0 unspecified atom stereocenters. The molecule has 32 heavy (non-hydrogen) atoms. The van der Waals surface area contributed by atoms with Crippen LogP contribution in [0.1, 0.15) is 43.5 Å². The summed E-state index contributed by atoms with van der Waals surface area (Å²) in [5.74, 6) is 1.09. The maximum atomic E-state index is 12.6. The monoisotopic (exact) mass is 513 g/mol. The minimum atomic E-state index is -0.246. The van der Waals surface area contributed by atoms with Gasteiger partial charge in [0.2, 0.25) is 0 Å². The molecule has 3 heterocycles. The molecule has 0 aliphatic rings. The van der Waals surface area contributed by atoms with Crippen LogP contribution in [0.2, 0.25) is 0 Å². The Hall–Kier alpha value is -2.78. The Bertz CT molecular complexity index is 1220. The van der Waals surface area contributed by atoms with E-state index in [9.17, 15) is 9.90 Å². The quantitative estimate of drug-likeness (QED) is 0.277. The number of pyridine rings is 1. The molecule has 0 bridgehead atoms. The minimum absolute atomic E-state index is 0.203. The van der Waals surface area contributed by atoms with Crippen LogP contribution in [-0.2, 0) is 6.54 Å². The molecule has 0 radical (unpaired) electrons. The first-order chi connectivity index (χ1) is 15.4. The first-order valence-electron chi connectivity index (χ1n) is 10.5. The Morgan fingerprint density at radius 3 is 2.72 bits per heavy atom. The van der Waals surface area contributed by atoms with Crippen LogP contribution in [0.5, 0.6) is 5.75 Å². The Morgan fingerprint density at radius 1 is 1.25 bits per heavy atom. The maximum absolute atomic E-state index is 12.6. The number of hydrogen-bond acceptors (Lipinski definition) is 6. The van der Waals surface area contributed by atoms with E-state index in [-0.39, 0.29) is 11.7 Å². The van der Waals surface area contributed by atoms with E-state index in [0.29, 0.717) is 29.5 Å². The van der Waals surface area contributed by atoms with Gasteiger partial charge in [-0.15, -0.1) is 0 Å². The summed E-state index contributed by atoms with van der Waals surface area (Å²) in [5.41, 5.74) is 2.83. The third-order valence-electron chi connectivity index (χ3n) is 5.14. The van der Waals surface area contributed by atoms with Crippen LogP contribution in [0, 0.1) is 5.92 Å². The molecule has 1 aromatic carbocycles. The van der Waals surface area contributed by atoms with Crippen LogP contribution in [0.25, 0.3) is 22.3 Å². The number of nitrogens with zero attached hydrogens (tertiary/aromatic N) is 4. The van der Waals surface area contributed by atoms with Gasteiger partial charge in [-0.05, 0) is 70.1 Å². The number of phenolic OH excluding ortho intramolecular Hbond substituents is 1. The van der Waals surface area contributed by atoms with E-state index in [1.165, 1.54) is 11.5 Å². The van der Waals surface area contributed by atoms with Crippen molar-refractivity contribution in [3.8, 4) is 17.0 Å². The zero-order valence-corrected chi connectivity index (χ0v) is 20.3. The second-order valence-electron chi connectivity index (χ2n) is 8.07. The highest BCUT2D eigenvalue weighted by Gasteiger charge is 2.19. The molecule has 2 N–H and O–H groups in total. The number of hydrogen-bond donors (Lipinski definition) is 2. The van der Waals surface area contributed by atoms with Gasteiger partial charge in [0, 0.05) is 22.0 Å². The van der Waals surface area contributed by atoms with Gasteiger partial charge in [0.05, 0.1) is 22.8 Å². The molecule has 0 fully saturated rings. The lowest BCUT2D eigenvalue weighted by Crippen LogP contribution is -2.12. The number of benzene rings is 1. The first-order valence-corrected chi connectivity index (χ1v) is 12.1. The molecule has 4 rings (SSSR count). The van der Waals surface area contributed by atoms with Gasteiger partial charge >= 0.3 is 0 Å². The largest absolute Gasteiger partial charge is 0.508 e. The van der Waals surface area contributed by atoms with Crippen molar-refractivity contribution in [1.29, 1.82) is 0 Å². The van der Waals surface area contributed by atoms with E-state index < -0.39 is 0 Å². The van der Waals surface area contributed by atoms with E-state index >= 15 is 0 Å². The Morgan fingerprint density at radius 2 is 2.03 bits per heavy atom. The number of fused-ring (bicyclic) bond motifs is 1. The van der Waals surface area contributed by atoms with Gasteiger partial charge in [-0.25, -0.2) is 14.0 Å². The molecule has 0 atom stereocenters. The van der Waals surface area contributed by atoms with Crippen LogP contribution in [-0.4, -0.2) is 30.2 Å². The number of halogens is 1. The van der Waals surface area contributed by atoms with Gasteiger partial charge in [-0.1, -0.05) is 26.7 Å². The van der Waals surface area contributed by atoms with Crippen molar-refractivity contribution < 1.29 is 9.90 Å². The summed E-state index contributed by atoms with van der Waals surface area (Å²) in [6, 6.07) is 8.85. The molecule has 166 valence electrons. The molecule has 0 saturated heterocycles. The average Bonchev–Trinajstić information content (AvgIpc) is 3.40. The summed E-state index contributed by atoms with van der Waals surface area (Å²) in [4.78, 5) is 17.5. The SMILES string of the molecule is CC(C)CCCCn1nc(NC(=O)c2cnsc2)c2cc(Br)c(-c3ccc(O)cc3)nc21. The summed E-state index contributed by atoms with van der Waals surface area (Å²) in [5, 5.41) is 19.7. The summed E-state index contributed by atoms with van der Waals surface area (Å²) in [6.07, 6.45) is 4.78. The third kappa shape index (κ3) is 4.99. The molecular formula is C23H24BrN5O2S. The predicted octanol–water partition coefficient (Wildman–Crippen LogP) is 6.10. The van der Waals surface area contributed by atoms with E-state index in [1.54, 1.807) is 23.7 Å². The fourth-order valence-electron chi connectivity index (χ4n) is 3.45. The molecule has 4 aromatic rings. The molecule has 7 nitrogen and oxygen atoms in total. The number of aromatic nitrogens is 4. The molecular weight excluding hydrogens is 490 g/mol. The molecule has 9 heteroatoms. The molecule has 0 aliphatic heterocycles. The van der Waals surface area contributed by atoms with E-state index in [2.05, 4.69) is 39.5 Å². The molecule has 0 aliphatic carbocycles. The van der Waals surface area contributed by atoms with E-state index in [0.717, 1.165) is 40.4 Å². The van der Waals surface area contributed by atoms with Gasteiger partial charge < -0.3 is 10.4 Å². The van der Waals surface area contributed by atoms with Gasteiger partial charge in [0.1, 0.15) is 5.75 Å². The third-order valence-corrected chi connectivity index (χ3v) is 6.34. The highest BCUT2D eigenvalue weighted by Crippen LogP contribution is 2.33. The average molecular weight is 514 g/mol. The van der Waals surface area contributed by atoms with Gasteiger partial charge in [-0.3, -0.25) is 4.79 Å². The van der Waals surface area contributed by atoms with Gasteiger partial charge in [-0.2, -0.15) is 5.10 Å². The normalized spacial score (nSPS) is 11.4. The highest BCUT2D eigenvalue weighted by atomic mass is 79.9. The number of unbranched alkanes of at least 4 members (excludes halogenated alkanes) is 1. The number of aromatic hydroxyl groups is 1. The highest BCUT2D eigenvalue weighted by molar-refractivity contribution is 9.10. The van der Waals surface area contributed by atoms with Crippen LogP contribution in [0.3, 0.4) is 0 Å². The van der Waals surface area contributed by atoms with Crippen molar-refractivity contribution in [2.24, 2.45) is 5.92 Å². The number of anilines is 1. The van der Waals surface area contributed by atoms with Crippen LogP contribution in [0.4, 0.5) is 5.82 Å². The summed E-state index contributed by atoms with van der Waals surface area (Å²) in [7, 11) is 0. The molecule has 3 aromatic heterocycles. The van der Waals surface area contributed by atoms with E-state index in [4.69, 9.17) is 10.1 Å². The van der Waals surface area contributed by atoms with Crippen molar-refractivity contribution in [1.82, 2.24) is 19.1 Å². The summed E-state index contributed by atoms with van der Waals surface area (Å²) >= 11 is 4.85. The fourth-order valence-corrected chi connectivity index (χ4v) is 4.52. The van der Waals surface area contributed by atoms with Gasteiger partial charge in [0.25, 0.3) is 5.91 Å². The lowest BCUT2D eigenvalue weighted by atomic mass is 10.1. The zero-order valence-electron chi connectivity index (χ0n) is 17.9. The zero-order chi connectivity index (χ0) is 22.7. The van der Waals surface area contributed by atoms with Crippen molar-refractivity contribution in [3.05, 3.63) is 51.9 Å². The number of amides is 1. The smallest absolute Gasteiger partial charge is 0.259 e. The molecule has 1 amide bonds. The van der Waals surface area contributed by atoms with Gasteiger partial charge in [0.15, 0.2) is 11.5 Å². The van der Waals surface area contributed by atoms with Crippen molar-refractivity contribution in [2.75, 3.05) is 5.32 Å². The second-order valence-corrected chi connectivity index (χ2v) is 9.58. The predicted molar refractivity (Wildman–Crippen MR) is 131 cm³/mol. The number of nitrogens with one attached hydrogen (secondary N) is 1. The molecule has 0 spiro atoms. The number of rotatable bonds is 8. The van der Waals surface area contributed by atoms with Crippen molar-refractivity contribution in [3.63, 3.8) is 0 Å². The van der Waals surface area contributed by atoms with Crippen molar-refractivity contribution >= 4 is 50.2 Å². The van der Waals surface area contributed by atoms with Crippen LogP contribution < -0.4 is 5.32 Å². The number of carbonyl (C=O) groups excluding carboxylic acids is 1. The van der Waals surface area contributed by atoms with E-state index in [1.807, 2.05) is 22.9 Å².